The van der Waals surface area contributed by atoms with Gasteiger partial charge in [0.25, 0.3) is 11.8 Å². The zero-order valence-electron chi connectivity index (χ0n) is 18.3. The molecule has 35 heavy (non-hydrogen) atoms. The van der Waals surface area contributed by atoms with Crippen LogP contribution in [0.3, 0.4) is 0 Å². The second kappa shape index (κ2) is 11.1. The van der Waals surface area contributed by atoms with Crippen LogP contribution in [0.1, 0.15) is 21.7 Å². The number of aromatic hydroxyl groups is 1. The topological polar surface area (TPSA) is 104 Å². The van der Waals surface area contributed by atoms with Gasteiger partial charge in [0.1, 0.15) is 23.0 Å². The fourth-order valence-electron chi connectivity index (χ4n) is 3.11. The lowest BCUT2D eigenvalue weighted by molar-refractivity contribution is -0.117. The molecule has 0 atom stereocenters. The highest BCUT2D eigenvalue weighted by atomic mass is 79.9. The standard InChI is InChI=1S/C27H20BrN3O4/c28-21-12-10-18(11-13-21)25-15-14-22(35-25)17-29-31-27(34)23(16-20-8-4-5-9-24(20)32)30-26(33)19-6-2-1-3-7-19/h1-17,32H,(H,30,33)(H,31,34)/b23-16+,29-17-. The molecule has 0 saturated heterocycles. The summed E-state index contributed by atoms with van der Waals surface area (Å²) in [5.41, 5.74) is 3.93. The van der Waals surface area contributed by atoms with Gasteiger partial charge in [0.2, 0.25) is 0 Å². The molecule has 0 radical (unpaired) electrons. The van der Waals surface area contributed by atoms with Crippen molar-refractivity contribution in [2.24, 2.45) is 5.10 Å². The number of carbonyl (C=O) groups is 2. The van der Waals surface area contributed by atoms with E-state index in [-0.39, 0.29) is 11.4 Å². The van der Waals surface area contributed by atoms with Crippen LogP contribution in [0.4, 0.5) is 0 Å². The molecular formula is C27H20BrN3O4. The average Bonchev–Trinajstić information content (AvgIpc) is 3.34. The molecule has 1 aromatic heterocycles. The lowest BCUT2D eigenvalue weighted by atomic mass is 10.1. The largest absolute Gasteiger partial charge is 0.507 e. The lowest BCUT2D eigenvalue weighted by Crippen LogP contribution is -2.32. The van der Waals surface area contributed by atoms with Crippen molar-refractivity contribution in [3.8, 4) is 17.1 Å². The van der Waals surface area contributed by atoms with E-state index in [9.17, 15) is 14.7 Å². The number of amides is 2. The van der Waals surface area contributed by atoms with Crippen LogP contribution < -0.4 is 10.7 Å². The van der Waals surface area contributed by atoms with Crippen LogP contribution >= 0.6 is 15.9 Å². The van der Waals surface area contributed by atoms with Gasteiger partial charge in [0, 0.05) is 21.2 Å². The summed E-state index contributed by atoms with van der Waals surface area (Å²) in [7, 11) is 0. The number of benzene rings is 3. The predicted molar refractivity (Wildman–Crippen MR) is 138 cm³/mol. The van der Waals surface area contributed by atoms with Crippen LogP contribution in [0, 0.1) is 0 Å². The van der Waals surface area contributed by atoms with E-state index in [4.69, 9.17) is 4.42 Å². The van der Waals surface area contributed by atoms with E-state index in [1.54, 1.807) is 60.7 Å². The first-order chi connectivity index (χ1) is 17.0. The average molecular weight is 530 g/mol. The quantitative estimate of drug-likeness (QED) is 0.171. The van der Waals surface area contributed by atoms with E-state index in [1.807, 2.05) is 24.3 Å². The first-order valence-corrected chi connectivity index (χ1v) is 11.3. The minimum Gasteiger partial charge on any atom is -0.507 e. The van der Waals surface area contributed by atoms with E-state index >= 15 is 0 Å². The van der Waals surface area contributed by atoms with E-state index in [2.05, 4.69) is 31.8 Å². The number of phenols is 1. The number of halogens is 1. The molecule has 1 heterocycles. The van der Waals surface area contributed by atoms with Crippen molar-refractivity contribution in [3.05, 3.63) is 118 Å². The molecule has 0 fully saturated rings. The van der Waals surface area contributed by atoms with Gasteiger partial charge >= 0.3 is 0 Å². The normalized spacial score (nSPS) is 11.4. The maximum Gasteiger partial charge on any atom is 0.287 e. The summed E-state index contributed by atoms with van der Waals surface area (Å²) < 4.78 is 6.71. The summed E-state index contributed by atoms with van der Waals surface area (Å²) in [6.45, 7) is 0. The molecule has 7 nitrogen and oxygen atoms in total. The summed E-state index contributed by atoms with van der Waals surface area (Å²) in [4.78, 5) is 25.5. The van der Waals surface area contributed by atoms with Gasteiger partial charge in [-0.3, -0.25) is 9.59 Å². The second-order valence-corrected chi connectivity index (χ2v) is 8.26. The molecule has 3 N–H and O–H groups in total. The summed E-state index contributed by atoms with van der Waals surface area (Å²) in [5.74, 6) is -0.0975. The first-order valence-electron chi connectivity index (χ1n) is 10.5. The number of hydrazone groups is 1. The fourth-order valence-corrected chi connectivity index (χ4v) is 3.38. The molecule has 0 aliphatic carbocycles. The van der Waals surface area contributed by atoms with Crippen LogP contribution in [-0.2, 0) is 4.79 Å². The van der Waals surface area contributed by atoms with E-state index in [1.165, 1.54) is 18.4 Å². The smallest absolute Gasteiger partial charge is 0.287 e. The Bertz CT molecular complexity index is 1390. The van der Waals surface area contributed by atoms with Crippen molar-refractivity contribution < 1.29 is 19.1 Å². The Morgan fingerprint density at radius 2 is 1.60 bits per heavy atom. The van der Waals surface area contributed by atoms with Crippen molar-refractivity contribution in [3.63, 3.8) is 0 Å². The molecule has 4 rings (SSSR count). The fraction of sp³-hybridized carbons (Fsp3) is 0. The van der Waals surface area contributed by atoms with Crippen LogP contribution in [-0.4, -0.2) is 23.1 Å². The van der Waals surface area contributed by atoms with Crippen LogP contribution in [0.15, 0.2) is 111 Å². The van der Waals surface area contributed by atoms with E-state index < -0.39 is 11.8 Å². The Morgan fingerprint density at radius 1 is 0.886 bits per heavy atom. The molecule has 0 aliphatic rings. The Kier molecular flexibility index (Phi) is 7.54. The number of phenolic OH excluding ortho intramolecular Hbond substituents is 1. The third-order valence-electron chi connectivity index (χ3n) is 4.88. The molecule has 0 saturated carbocycles. The molecule has 2 amide bonds. The van der Waals surface area contributed by atoms with Gasteiger partial charge in [-0.2, -0.15) is 5.10 Å². The number of hydrogen-bond acceptors (Lipinski definition) is 5. The molecule has 174 valence electrons. The predicted octanol–water partition coefficient (Wildman–Crippen LogP) is 5.34. The molecule has 0 unspecified atom stereocenters. The van der Waals surface area contributed by atoms with Crippen LogP contribution in [0.5, 0.6) is 5.75 Å². The Hall–Kier alpha value is -4.43. The van der Waals surface area contributed by atoms with E-state index in [0.29, 0.717) is 22.6 Å². The van der Waals surface area contributed by atoms with Crippen molar-refractivity contribution in [2.75, 3.05) is 0 Å². The molecule has 8 heteroatoms. The third kappa shape index (κ3) is 6.33. The highest BCUT2D eigenvalue weighted by molar-refractivity contribution is 9.10. The minimum atomic E-state index is -0.673. The van der Waals surface area contributed by atoms with Gasteiger partial charge in [0.15, 0.2) is 0 Å². The van der Waals surface area contributed by atoms with Gasteiger partial charge in [-0.25, -0.2) is 5.43 Å². The summed E-state index contributed by atoms with van der Waals surface area (Å²) in [6, 6.07) is 26.1. The molecule has 4 aromatic rings. The SMILES string of the molecule is O=C(N/N=C\c1ccc(-c2ccc(Br)cc2)o1)/C(=C\c1ccccc1O)NC(=O)c1ccccc1. The van der Waals surface area contributed by atoms with Crippen LogP contribution in [0.2, 0.25) is 0 Å². The molecule has 0 bridgehead atoms. The van der Waals surface area contributed by atoms with E-state index in [0.717, 1.165) is 10.0 Å². The van der Waals surface area contributed by atoms with Gasteiger partial charge in [0.05, 0.1) is 6.21 Å². The van der Waals surface area contributed by atoms with Gasteiger partial charge in [-0.05, 0) is 48.5 Å². The maximum absolute atomic E-state index is 12.8. The Labute approximate surface area is 209 Å². The lowest BCUT2D eigenvalue weighted by Gasteiger charge is -2.09. The zero-order valence-corrected chi connectivity index (χ0v) is 19.9. The minimum absolute atomic E-state index is 0.0358. The summed E-state index contributed by atoms with van der Waals surface area (Å²) in [5, 5.41) is 16.6. The van der Waals surface area contributed by atoms with Crippen molar-refractivity contribution in [1.29, 1.82) is 0 Å². The zero-order chi connectivity index (χ0) is 24.6. The number of nitrogens with one attached hydrogen (secondary N) is 2. The molecule has 0 aliphatic heterocycles. The number of hydrogen-bond donors (Lipinski definition) is 3. The van der Waals surface area contributed by atoms with Gasteiger partial charge < -0.3 is 14.8 Å². The van der Waals surface area contributed by atoms with Gasteiger partial charge in [-0.1, -0.05) is 64.5 Å². The number of carbonyl (C=O) groups excluding carboxylic acids is 2. The monoisotopic (exact) mass is 529 g/mol. The van der Waals surface area contributed by atoms with Crippen molar-refractivity contribution in [1.82, 2.24) is 10.7 Å². The molecule has 0 spiro atoms. The molecular weight excluding hydrogens is 510 g/mol. The highest BCUT2D eigenvalue weighted by Gasteiger charge is 2.15. The maximum atomic E-state index is 12.8. The number of rotatable bonds is 7. The van der Waals surface area contributed by atoms with Crippen molar-refractivity contribution in [2.45, 2.75) is 0 Å². The van der Waals surface area contributed by atoms with Crippen LogP contribution in [0.25, 0.3) is 17.4 Å². The van der Waals surface area contributed by atoms with Gasteiger partial charge in [-0.15, -0.1) is 0 Å². The van der Waals surface area contributed by atoms with Crippen molar-refractivity contribution >= 4 is 40.0 Å². The number of nitrogens with zero attached hydrogens (tertiary/aromatic N) is 1. The Balaban J connectivity index is 1.50. The summed E-state index contributed by atoms with van der Waals surface area (Å²) >= 11 is 3.40. The second-order valence-electron chi connectivity index (χ2n) is 7.35. The highest BCUT2D eigenvalue weighted by Crippen LogP contribution is 2.23. The number of furan rings is 1. The first kappa shape index (κ1) is 23.7. The number of para-hydroxylation sites is 1. The summed E-state index contributed by atoms with van der Waals surface area (Å²) in [6.07, 6.45) is 2.73. The molecule has 3 aromatic carbocycles. The third-order valence-corrected chi connectivity index (χ3v) is 5.41. The Morgan fingerprint density at radius 3 is 2.34 bits per heavy atom.